The summed E-state index contributed by atoms with van der Waals surface area (Å²) in [5.41, 5.74) is 4.72. The van der Waals surface area contributed by atoms with Gasteiger partial charge in [0.15, 0.2) is 0 Å². The van der Waals surface area contributed by atoms with E-state index in [0.29, 0.717) is 12.0 Å². The van der Waals surface area contributed by atoms with Crippen LogP contribution < -0.4 is 4.74 Å². The monoisotopic (exact) mass is 337 g/mol. The average molecular weight is 337 g/mol. The van der Waals surface area contributed by atoms with Crippen LogP contribution in [0.5, 0.6) is 5.75 Å². The van der Waals surface area contributed by atoms with Gasteiger partial charge in [-0.15, -0.1) is 0 Å². The van der Waals surface area contributed by atoms with Crippen LogP contribution in [0.2, 0.25) is 0 Å². The molecule has 2 heterocycles. The molecule has 0 saturated carbocycles. The van der Waals surface area contributed by atoms with Crippen molar-refractivity contribution in [1.82, 2.24) is 14.8 Å². The number of nitrogens with zero attached hydrogens (tertiary/aromatic N) is 3. The van der Waals surface area contributed by atoms with Crippen LogP contribution in [0.25, 0.3) is 5.69 Å². The summed E-state index contributed by atoms with van der Waals surface area (Å²) in [4.78, 5) is 15.5. The summed E-state index contributed by atoms with van der Waals surface area (Å²) >= 11 is 0. The van der Waals surface area contributed by atoms with Crippen molar-refractivity contribution < 1.29 is 14.6 Å². The molecule has 6 nitrogen and oxygen atoms in total. The first-order chi connectivity index (χ1) is 12.0. The van der Waals surface area contributed by atoms with Crippen molar-refractivity contribution in [3.63, 3.8) is 0 Å². The number of aromatic carboxylic acids is 1. The van der Waals surface area contributed by atoms with Gasteiger partial charge in [0.05, 0.1) is 24.1 Å². The molecule has 0 aliphatic heterocycles. The molecule has 25 heavy (non-hydrogen) atoms. The maximum absolute atomic E-state index is 11.4. The zero-order valence-corrected chi connectivity index (χ0v) is 14.4. The predicted octanol–water partition coefficient (Wildman–Crippen LogP) is 3.18. The summed E-state index contributed by atoms with van der Waals surface area (Å²) < 4.78 is 7.05. The van der Waals surface area contributed by atoms with Crippen LogP contribution in [-0.2, 0) is 6.42 Å². The molecule has 0 aliphatic rings. The second-order valence-electron chi connectivity index (χ2n) is 5.77. The zero-order chi connectivity index (χ0) is 18.0. The van der Waals surface area contributed by atoms with E-state index in [9.17, 15) is 9.90 Å². The fourth-order valence-electron chi connectivity index (χ4n) is 2.87. The number of ether oxygens (including phenoxy) is 1. The molecule has 0 unspecified atom stereocenters. The molecule has 0 saturated heterocycles. The summed E-state index contributed by atoms with van der Waals surface area (Å²) in [6, 6.07) is 9.17. The Morgan fingerprint density at radius 1 is 1.20 bits per heavy atom. The number of carbonyl (C=O) groups is 1. The molecule has 0 radical (unpaired) electrons. The van der Waals surface area contributed by atoms with Gasteiger partial charge in [0.25, 0.3) is 0 Å². The fourth-order valence-corrected chi connectivity index (χ4v) is 2.87. The third kappa shape index (κ3) is 3.24. The molecule has 2 aromatic heterocycles. The maximum Gasteiger partial charge on any atom is 0.336 e. The lowest BCUT2D eigenvalue weighted by Gasteiger charge is -2.08. The average Bonchev–Trinajstić information content (AvgIpc) is 2.90. The van der Waals surface area contributed by atoms with E-state index in [2.05, 4.69) is 10.1 Å². The van der Waals surface area contributed by atoms with E-state index in [1.54, 1.807) is 13.3 Å². The predicted molar refractivity (Wildman–Crippen MR) is 93.6 cm³/mol. The summed E-state index contributed by atoms with van der Waals surface area (Å²) in [6.07, 6.45) is 3.57. The van der Waals surface area contributed by atoms with Crippen molar-refractivity contribution in [3.05, 3.63) is 70.8 Å². The van der Waals surface area contributed by atoms with Crippen molar-refractivity contribution >= 4 is 5.97 Å². The van der Waals surface area contributed by atoms with Crippen LogP contribution in [0.3, 0.4) is 0 Å². The molecular formula is C19H19N3O3. The Morgan fingerprint density at radius 2 is 1.92 bits per heavy atom. The van der Waals surface area contributed by atoms with E-state index in [1.807, 2.05) is 42.8 Å². The second kappa shape index (κ2) is 6.76. The Morgan fingerprint density at radius 3 is 2.56 bits per heavy atom. The van der Waals surface area contributed by atoms with Gasteiger partial charge in [-0.05, 0) is 49.7 Å². The van der Waals surface area contributed by atoms with Crippen molar-refractivity contribution in [2.24, 2.45) is 0 Å². The number of carboxylic acids is 1. The van der Waals surface area contributed by atoms with Gasteiger partial charge in [-0.1, -0.05) is 0 Å². The van der Waals surface area contributed by atoms with E-state index in [0.717, 1.165) is 28.4 Å². The molecule has 0 bridgehead atoms. The summed E-state index contributed by atoms with van der Waals surface area (Å²) in [7, 11) is 1.63. The number of aryl methyl sites for hydroxylation is 1. The van der Waals surface area contributed by atoms with Crippen molar-refractivity contribution in [3.8, 4) is 11.4 Å². The number of aromatic nitrogens is 3. The van der Waals surface area contributed by atoms with Gasteiger partial charge in [-0.3, -0.25) is 4.98 Å². The van der Waals surface area contributed by atoms with E-state index < -0.39 is 5.97 Å². The molecule has 3 aromatic rings. The number of hydrogen-bond donors (Lipinski definition) is 1. The number of hydrogen-bond acceptors (Lipinski definition) is 4. The Balaban J connectivity index is 1.99. The highest BCUT2D eigenvalue weighted by Gasteiger charge is 2.17. The van der Waals surface area contributed by atoms with Crippen molar-refractivity contribution in [2.75, 3.05) is 7.11 Å². The Labute approximate surface area is 145 Å². The minimum atomic E-state index is -0.949. The second-order valence-corrected chi connectivity index (χ2v) is 5.77. The Hall–Kier alpha value is -3.15. The highest BCUT2D eigenvalue weighted by molar-refractivity contribution is 5.89. The van der Waals surface area contributed by atoms with Crippen molar-refractivity contribution in [1.29, 1.82) is 0 Å². The number of pyridine rings is 1. The normalized spacial score (nSPS) is 10.7. The topological polar surface area (TPSA) is 77.2 Å². The molecule has 1 aromatic carbocycles. The first-order valence-corrected chi connectivity index (χ1v) is 7.87. The van der Waals surface area contributed by atoms with Gasteiger partial charge in [0, 0.05) is 30.1 Å². The van der Waals surface area contributed by atoms with Crippen molar-refractivity contribution in [2.45, 2.75) is 20.3 Å². The minimum Gasteiger partial charge on any atom is -0.497 e. The van der Waals surface area contributed by atoms with Gasteiger partial charge < -0.3 is 9.84 Å². The minimum absolute atomic E-state index is 0.269. The third-order valence-electron chi connectivity index (χ3n) is 4.26. The maximum atomic E-state index is 11.4. The Kier molecular flexibility index (Phi) is 4.52. The van der Waals surface area contributed by atoms with Gasteiger partial charge in [0.1, 0.15) is 5.75 Å². The first-order valence-electron chi connectivity index (χ1n) is 7.87. The van der Waals surface area contributed by atoms with E-state index in [4.69, 9.17) is 4.74 Å². The zero-order valence-electron chi connectivity index (χ0n) is 14.4. The molecule has 0 aliphatic carbocycles. The number of carboxylic acid groups (broad SMARTS) is 1. The van der Waals surface area contributed by atoms with Gasteiger partial charge in [0.2, 0.25) is 0 Å². The fraction of sp³-hybridized carbons (Fsp3) is 0.211. The summed E-state index contributed by atoms with van der Waals surface area (Å²) in [5, 5.41) is 14.0. The third-order valence-corrected chi connectivity index (χ3v) is 4.26. The van der Waals surface area contributed by atoms with Crippen LogP contribution in [0, 0.1) is 13.8 Å². The van der Waals surface area contributed by atoms with E-state index in [1.165, 1.54) is 12.3 Å². The number of rotatable bonds is 5. The highest BCUT2D eigenvalue weighted by atomic mass is 16.5. The van der Waals surface area contributed by atoms with E-state index >= 15 is 0 Å². The standard InChI is InChI=1S/C19H19N3O3/c1-12-18(10-14-11-20-9-8-17(14)19(23)24)13(2)22(21-12)15-4-6-16(25-3)7-5-15/h4-9,11H,10H2,1-3H3,(H,23,24). The lowest BCUT2D eigenvalue weighted by molar-refractivity contribution is 0.0695. The van der Waals surface area contributed by atoms with Crippen LogP contribution in [0.4, 0.5) is 0 Å². The van der Waals surface area contributed by atoms with Crippen LogP contribution >= 0.6 is 0 Å². The van der Waals surface area contributed by atoms with E-state index in [-0.39, 0.29) is 5.56 Å². The molecule has 0 spiro atoms. The van der Waals surface area contributed by atoms with Gasteiger partial charge >= 0.3 is 5.97 Å². The summed E-state index contributed by atoms with van der Waals surface area (Å²) in [6.45, 7) is 3.91. The quantitative estimate of drug-likeness (QED) is 0.774. The smallest absolute Gasteiger partial charge is 0.336 e. The molecule has 128 valence electrons. The van der Waals surface area contributed by atoms with Gasteiger partial charge in [-0.25, -0.2) is 9.48 Å². The Bertz CT molecular complexity index is 914. The molecule has 6 heteroatoms. The van der Waals surface area contributed by atoms with Gasteiger partial charge in [-0.2, -0.15) is 5.10 Å². The highest BCUT2D eigenvalue weighted by Crippen LogP contribution is 2.23. The molecule has 1 N–H and O–H groups in total. The largest absolute Gasteiger partial charge is 0.497 e. The molecular weight excluding hydrogens is 318 g/mol. The molecule has 0 fully saturated rings. The van der Waals surface area contributed by atoms with Crippen LogP contribution in [0.1, 0.15) is 32.9 Å². The van der Waals surface area contributed by atoms with Crippen LogP contribution in [-0.4, -0.2) is 33.0 Å². The number of methoxy groups -OCH3 is 1. The number of benzene rings is 1. The molecule has 3 rings (SSSR count). The first kappa shape index (κ1) is 16.7. The summed E-state index contributed by atoms with van der Waals surface area (Å²) in [5.74, 6) is -0.165. The molecule has 0 amide bonds. The lowest BCUT2D eigenvalue weighted by Crippen LogP contribution is -2.05. The SMILES string of the molecule is COc1ccc(-n2nc(C)c(Cc3cnccc3C(=O)O)c2C)cc1. The lowest BCUT2D eigenvalue weighted by atomic mass is 10.0. The van der Waals surface area contributed by atoms with Crippen LogP contribution in [0.15, 0.2) is 42.7 Å². The molecule has 0 atom stereocenters.